The van der Waals surface area contributed by atoms with Crippen molar-refractivity contribution in [2.45, 2.75) is 20.8 Å². The van der Waals surface area contributed by atoms with Gasteiger partial charge in [-0.1, -0.05) is 17.4 Å². The van der Waals surface area contributed by atoms with E-state index in [0.717, 1.165) is 22.6 Å². The Morgan fingerprint density at radius 3 is 2.69 bits per heavy atom. The number of hydrogen-bond acceptors (Lipinski definition) is 9. The summed E-state index contributed by atoms with van der Waals surface area (Å²) in [5.74, 6) is -0.175. The molecule has 152 valence electrons. The summed E-state index contributed by atoms with van der Waals surface area (Å²) < 4.78 is 10.3. The standard InChI is InChI=1S/C19H20N4O4S2/c1-5-27-17(25)15-11(3)20-19(29-15)23-16(24)13-9-28-18(22-13)21-12-8-10(2)6-7-14(12)26-4/h6-9H,5H2,1-4H3,(H,21,22)(H,20,23,24). The van der Waals surface area contributed by atoms with E-state index in [2.05, 4.69) is 20.6 Å². The molecule has 0 aliphatic rings. The number of anilines is 3. The monoisotopic (exact) mass is 432 g/mol. The number of aromatic nitrogens is 2. The van der Waals surface area contributed by atoms with Crippen molar-refractivity contribution >= 4 is 50.5 Å². The van der Waals surface area contributed by atoms with E-state index in [1.165, 1.54) is 11.3 Å². The average Bonchev–Trinajstić information content (AvgIpc) is 3.29. The van der Waals surface area contributed by atoms with Crippen LogP contribution in [0.15, 0.2) is 23.6 Å². The van der Waals surface area contributed by atoms with Crippen LogP contribution in [0.25, 0.3) is 0 Å². The van der Waals surface area contributed by atoms with Crippen LogP contribution >= 0.6 is 22.7 Å². The number of methoxy groups -OCH3 is 1. The van der Waals surface area contributed by atoms with Crippen LogP contribution in [0.3, 0.4) is 0 Å². The summed E-state index contributed by atoms with van der Waals surface area (Å²) in [6.07, 6.45) is 0. The van der Waals surface area contributed by atoms with Gasteiger partial charge in [-0.2, -0.15) is 0 Å². The molecule has 0 saturated carbocycles. The Hall–Kier alpha value is -2.98. The van der Waals surface area contributed by atoms with E-state index in [-0.39, 0.29) is 12.3 Å². The number of benzene rings is 1. The van der Waals surface area contributed by atoms with E-state index in [1.807, 2.05) is 25.1 Å². The smallest absolute Gasteiger partial charge is 0.350 e. The second-order valence-corrected chi connectivity index (χ2v) is 7.83. The maximum atomic E-state index is 12.5. The van der Waals surface area contributed by atoms with Crippen LogP contribution in [-0.2, 0) is 4.74 Å². The van der Waals surface area contributed by atoms with E-state index in [4.69, 9.17) is 9.47 Å². The number of rotatable bonds is 7. The summed E-state index contributed by atoms with van der Waals surface area (Å²) in [7, 11) is 1.59. The molecule has 0 unspecified atom stereocenters. The molecule has 0 bridgehead atoms. The first-order valence-corrected chi connectivity index (χ1v) is 10.4. The first-order valence-electron chi connectivity index (χ1n) is 8.74. The van der Waals surface area contributed by atoms with Crippen molar-refractivity contribution in [3.8, 4) is 5.75 Å². The maximum Gasteiger partial charge on any atom is 0.350 e. The van der Waals surface area contributed by atoms with Crippen LogP contribution in [-0.4, -0.2) is 35.6 Å². The van der Waals surface area contributed by atoms with Crippen molar-refractivity contribution in [2.75, 3.05) is 24.4 Å². The lowest BCUT2D eigenvalue weighted by atomic mass is 10.2. The molecule has 0 atom stereocenters. The summed E-state index contributed by atoms with van der Waals surface area (Å²) in [6.45, 7) is 5.68. The lowest BCUT2D eigenvalue weighted by molar-refractivity contribution is 0.0531. The summed E-state index contributed by atoms with van der Waals surface area (Å²) >= 11 is 2.37. The summed E-state index contributed by atoms with van der Waals surface area (Å²) in [4.78, 5) is 33.3. The van der Waals surface area contributed by atoms with Gasteiger partial charge in [0.2, 0.25) is 0 Å². The van der Waals surface area contributed by atoms with Crippen LogP contribution < -0.4 is 15.4 Å². The highest BCUT2D eigenvalue weighted by Crippen LogP contribution is 2.30. The van der Waals surface area contributed by atoms with Crippen molar-refractivity contribution in [1.82, 2.24) is 9.97 Å². The molecule has 3 aromatic rings. The second kappa shape index (κ2) is 9.01. The van der Waals surface area contributed by atoms with E-state index < -0.39 is 11.9 Å². The van der Waals surface area contributed by atoms with Crippen LogP contribution in [0.4, 0.5) is 16.0 Å². The SMILES string of the molecule is CCOC(=O)c1sc(NC(=O)c2csc(Nc3cc(C)ccc3OC)n2)nc1C. The number of nitrogens with one attached hydrogen (secondary N) is 2. The van der Waals surface area contributed by atoms with Crippen LogP contribution in [0.1, 0.15) is 38.3 Å². The fourth-order valence-corrected chi connectivity index (χ4v) is 4.03. The molecule has 0 spiro atoms. The lowest BCUT2D eigenvalue weighted by Gasteiger charge is -2.09. The van der Waals surface area contributed by atoms with Gasteiger partial charge in [-0.15, -0.1) is 11.3 Å². The molecule has 1 aromatic carbocycles. The number of nitrogens with zero attached hydrogens (tertiary/aromatic N) is 2. The molecule has 2 N–H and O–H groups in total. The third-order valence-corrected chi connectivity index (χ3v) is 5.62. The molecule has 0 aliphatic carbocycles. The minimum absolute atomic E-state index is 0.245. The molecule has 3 rings (SSSR count). The zero-order valence-electron chi connectivity index (χ0n) is 16.4. The van der Waals surface area contributed by atoms with Crippen LogP contribution in [0.5, 0.6) is 5.75 Å². The fourth-order valence-electron chi connectivity index (χ4n) is 2.47. The summed E-state index contributed by atoms with van der Waals surface area (Å²) in [5.41, 5.74) is 2.59. The van der Waals surface area contributed by atoms with Crippen molar-refractivity contribution in [2.24, 2.45) is 0 Å². The molecule has 2 aromatic heterocycles. The third-order valence-electron chi connectivity index (χ3n) is 3.81. The molecule has 2 heterocycles. The van der Waals surface area contributed by atoms with Gasteiger partial charge in [0.1, 0.15) is 16.3 Å². The molecule has 1 amide bonds. The average molecular weight is 433 g/mol. The van der Waals surface area contributed by atoms with Gasteiger partial charge in [-0.3, -0.25) is 10.1 Å². The number of hydrogen-bond donors (Lipinski definition) is 2. The molecule has 0 fully saturated rings. The Morgan fingerprint density at radius 1 is 1.17 bits per heavy atom. The number of esters is 1. The zero-order chi connectivity index (χ0) is 21.0. The highest BCUT2D eigenvalue weighted by molar-refractivity contribution is 7.17. The molecular formula is C19H20N4O4S2. The van der Waals surface area contributed by atoms with Gasteiger partial charge in [-0.25, -0.2) is 14.8 Å². The summed E-state index contributed by atoms with van der Waals surface area (Å²) in [6, 6.07) is 5.76. The largest absolute Gasteiger partial charge is 0.495 e. The van der Waals surface area contributed by atoms with Crippen molar-refractivity contribution in [3.05, 3.63) is 45.4 Å². The fraction of sp³-hybridized carbons (Fsp3) is 0.263. The van der Waals surface area contributed by atoms with E-state index >= 15 is 0 Å². The minimum atomic E-state index is -0.449. The third kappa shape index (κ3) is 4.90. The van der Waals surface area contributed by atoms with Gasteiger partial charge in [0.05, 0.1) is 25.1 Å². The highest BCUT2D eigenvalue weighted by atomic mass is 32.1. The number of amides is 1. The number of aryl methyl sites for hydroxylation is 2. The van der Waals surface area contributed by atoms with Crippen molar-refractivity contribution in [1.29, 1.82) is 0 Å². The quantitative estimate of drug-likeness (QED) is 0.534. The molecule has 0 aliphatic heterocycles. The first kappa shape index (κ1) is 20.7. The van der Waals surface area contributed by atoms with Crippen molar-refractivity contribution < 1.29 is 19.1 Å². The number of ether oxygens (including phenoxy) is 2. The molecule has 0 radical (unpaired) electrons. The predicted molar refractivity (Wildman–Crippen MR) is 114 cm³/mol. The predicted octanol–water partition coefficient (Wildman–Crippen LogP) is 4.40. The molecule has 8 nitrogen and oxygen atoms in total. The Bertz CT molecular complexity index is 1040. The van der Waals surface area contributed by atoms with Gasteiger partial charge in [-0.05, 0) is 38.5 Å². The number of carbonyl (C=O) groups excluding carboxylic acids is 2. The van der Waals surface area contributed by atoms with Gasteiger partial charge in [0.25, 0.3) is 5.91 Å². The van der Waals surface area contributed by atoms with Crippen LogP contribution in [0, 0.1) is 13.8 Å². The minimum Gasteiger partial charge on any atom is -0.495 e. The number of carbonyl (C=O) groups is 2. The number of thiazole rings is 2. The Kier molecular flexibility index (Phi) is 6.45. The zero-order valence-corrected chi connectivity index (χ0v) is 18.0. The van der Waals surface area contributed by atoms with Crippen LogP contribution in [0.2, 0.25) is 0 Å². The van der Waals surface area contributed by atoms with Crippen molar-refractivity contribution in [3.63, 3.8) is 0 Å². The summed E-state index contributed by atoms with van der Waals surface area (Å²) in [5, 5.41) is 8.37. The molecular weight excluding hydrogens is 412 g/mol. The second-order valence-electron chi connectivity index (χ2n) is 5.97. The molecule has 29 heavy (non-hydrogen) atoms. The van der Waals surface area contributed by atoms with E-state index in [0.29, 0.717) is 26.6 Å². The first-order chi connectivity index (χ1) is 13.9. The van der Waals surface area contributed by atoms with Gasteiger partial charge >= 0.3 is 5.97 Å². The van der Waals surface area contributed by atoms with Gasteiger partial charge in [0, 0.05) is 5.38 Å². The molecule has 0 saturated heterocycles. The normalized spacial score (nSPS) is 10.5. The Labute approximate surface area is 175 Å². The highest BCUT2D eigenvalue weighted by Gasteiger charge is 2.19. The Balaban J connectivity index is 1.71. The van der Waals surface area contributed by atoms with E-state index in [9.17, 15) is 9.59 Å². The lowest BCUT2D eigenvalue weighted by Crippen LogP contribution is -2.12. The topological polar surface area (TPSA) is 102 Å². The van der Waals surface area contributed by atoms with Gasteiger partial charge in [0.15, 0.2) is 10.3 Å². The van der Waals surface area contributed by atoms with Gasteiger partial charge < -0.3 is 14.8 Å². The maximum absolute atomic E-state index is 12.5. The van der Waals surface area contributed by atoms with E-state index in [1.54, 1.807) is 26.3 Å². The molecule has 10 heteroatoms. The Morgan fingerprint density at radius 2 is 1.97 bits per heavy atom.